The second kappa shape index (κ2) is 17.6. The standard InChI is InChI=1S/C33H54N6O7S/c34-38-37-29-10-5-4-9-28(29)30-33(15-24-47(42,43)27-7-2-1-3-8-27,32(41)35-16-17-39-18-22-44-23-19-39)36-31(46-30)25-11-13-26(14-12-25)45-21-6-20-40/h25-27,30,40H,1-24H2,(H-,35,41,42,43)/t25?,26?,30-,33-/m0/s1. The number of amides is 1. The molecule has 0 aromatic heterocycles. The van der Waals surface area contributed by atoms with Gasteiger partial charge in [0.15, 0.2) is 17.5 Å². The van der Waals surface area contributed by atoms with Crippen molar-refractivity contribution in [2.75, 3.05) is 58.4 Å². The highest BCUT2D eigenvalue weighted by molar-refractivity contribution is 7.98. The summed E-state index contributed by atoms with van der Waals surface area (Å²) in [4.78, 5) is 25.0. The Hall–Kier alpha value is -2.06. The van der Waals surface area contributed by atoms with Gasteiger partial charge in [-0.3, -0.25) is 9.69 Å². The summed E-state index contributed by atoms with van der Waals surface area (Å²) in [6.07, 6.45) is 10.1. The maximum atomic E-state index is 14.5. The van der Waals surface area contributed by atoms with E-state index < -0.39 is 27.1 Å². The Balaban J connectivity index is 1.44. The van der Waals surface area contributed by atoms with Gasteiger partial charge in [-0.2, -0.15) is 0 Å². The fraction of sp³-hybridized carbons (Fsp3) is 0.879. The van der Waals surface area contributed by atoms with Gasteiger partial charge >= 0.3 is 0 Å². The number of carbonyl (C=O) groups is 1. The predicted octanol–water partition coefficient (Wildman–Crippen LogP) is 4.42. The molecule has 1 amide bonds. The first-order chi connectivity index (χ1) is 22.9. The molecule has 0 radical (unpaired) electrons. The fourth-order valence-electron chi connectivity index (χ4n) is 7.87. The Morgan fingerprint density at radius 3 is 2.60 bits per heavy atom. The first kappa shape index (κ1) is 36.2. The number of azide groups is 1. The molecule has 13 nitrogen and oxygen atoms in total. The number of sulfone groups is 1. The van der Waals surface area contributed by atoms with E-state index in [1.165, 1.54) is 0 Å². The molecule has 2 saturated carbocycles. The number of nitrogens with one attached hydrogen (secondary N) is 1. The Morgan fingerprint density at radius 2 is 1.87 bits per heavy atom. The highest BCUT2D eigenvalue weighted by Gasteiger charge is 2.56. The molecule has 5 aliphatic rings. The molecular formula is C33H54N6O7S. The number of hydrogen-bond acceptors (Lipinski definition) is 10. The largest absolute Gasteiger partial charge is 0.615 e. The molecule has 14 heteroatoms. The minimum absolute atomic E-state index is 0.00997. The normalized spacial score (nSPS) is 30.6. The number of carbonyl (C=O) groups excluding carboxylic acids is 1. The lowest BCUT2D eigenvalue weighted by Gasteiger charge is -2.36. The third-order valence-corrected chi connectivity index (χ3v) is 12.9. The number of morpholine rings is 1. The van der Waals surface area contributed by atoms with Crippen LogP contribution in [0.4, 0.5) is 0 Å². The maximum Gasteiger partial charge on any atom is 0.252 e. The van der Waals surface area contributed by atoms with Crippen LogP contribution < -0.4 is 5.32 Å². The van der Waals surface area contributed by atoms with Crippen molar-refractivity contribution in [3.63, 3.8) is 0 Å². The van der Waals surface area contributed by atoms with Crippen molar-refractivity contribution in [1.82, 2.24) is 10.2 Å². The van der Waals surface area contributed by atoms with Crippen LogP contribution in [-0.4, -0.2) is 108 Å². The monoisotopic (exact) mass is 678 g/mol. The van der Waals surface area contributed by atoms with E-state index in [4.69, 9.17) is 24.3 Å². The molecule has 2 heterocycles. The van der Waals surface area contributed by atoms with Crippen LogP contribution in [0.5, 0.6) is 0 Å². The van der Waals surface area contributed by atoms with Crippen molar-refractivity contribution in [2.24, 2.45) is 16.0 Å². The van der Waals surface area contributed by atoms with Crippen LogP contribution in [0.3, 0.4) is 0 Å². The molecule has 5 rings (SSSR count). The van der Waals surface area contributed by atoms with Crippen molar-refractivity contribution in [2.45, 2.75) is 119 Å². The lowest BCUT2D eigenvalue weighted by atomic mass is 9.80. The van der Waals surface area contributed by atoms with E-state index in [0.29, 0.717) is 76.6 Å². The van der Waals surface area contributed by atoms with Gasteiger partial charge in [0.2, 0.25) is 0 Å². The average molecular weight is 679 g/mol. The van der Waals surface area contributed by atoms with Crippen LogP contribution in [0.15, 0.2) is 21.4 Å². The zero-order valence-electron chi connectivity index (χ0n) is 27.8. The van der Waals surface area contributed by atoms with Crippen LogP contribution in [0.1, 0.15) is 96.3 Å². The van der Waals surface area contributed by atoms with Gasteiger partial charge in [-0.25, -0.2) is 4.99 Å². The zero-order chi connectivity index (χ0) is 33.1. The smallest absolute Gasteiger partial charge is 0.252 e. The first-order valence-electron chi connectivity index (χ1n) is 17.9. The summed E-state index contributed by atoms with van der Waals surface area (Å²) in [5.74, 6) is -0.00867. The van der Waals surface area contributed by atoms with Gasteiger partial charge in [0.25, 0.3) is 5.91 Å². The molecule has 0 aromatic rings. The molecule has 1 saturated heterocycles. The summed E-state index contributed by atoms with van der Waals surface area (Å²) in [6.45, 7) is 4.57. The van der Waals surface area contributed by atoms with E-state index in [9.17, 15) is 19.1 Å². The van der Waals surface area contributed by atoms with Crippen molar-refractivity contribution in [3.8, 4) is 0 Å². The number of aliphatic imine (C=N–C) groups is 1. The van der Waals surface area contributed by atoms with E-state index in [2.05, 4.69) is 20.2 Å². The second-order valence-corrected chi connectivity index (χ2v) is 16.1. The Labute approximate surface area is 280 Å². The van der Waals surface area contributed by atoms with E-state index in [0.717, 1.165) is 76.5 Å². The molecule has 3 atom stereocenters. The lowest BCUT2D eigenvalue weighted by molar-refractivity contribution is -0.128. The minimum atomic E-state index is -3.48. The van der Waals surface area contributed by atoms with E-state index in [1.807, 2.05) is 0 Å². The van der Waals surface area contributed by atoms with Crippen LogP contribution in [0.25, 0.3) is 10.4 Å². The van der Waals surface area contributed by atoms with Gasteiger partial charge in [-0.1, -0.05) is 11.5 Å². The number of rotatable bonds is 15. The molecule has 0 bridgehead atoms. The quantitative estimate of drug-likeness (QED) is 0.0839. The molecular weight excluding hydrogens is 624 g/mol. The summed E-state index contributed by atoms with van der Waals surface area (Å²) >= 11 is 0. The number of aliphatic hydroxyl groups is 1. The SMILES string of the molecule is [N-]=[N+]=NC1=C([C@@H]2OC(C3CCC(OCCCO)CC3)=N[C@]2(CC[S+](=O)([O-])C2CCCCC2)C(=O)NCCN2CCOCC2)CCCC1. The number of ether oxygens (including phenoxy) is 3. The zero-order valence-corrected chi connectivity index (χ0v) is 28.6. The Morgan fingerprint density at radius 1 is 1.13 bits per heavy atom. The van der Waals surface area contributed by atoms with Crippen molar-refractivity contribution in [1.29, 1.82) is 0 Å². The first-order valence-corrected chi connectivity index (χ1v) is 19.6. The molecule has 264 valence electrons. The van der Waals surface area contributed by atoms with Gasteiger partial charge in [0.05, 0.1) is 19.3 Å². The topological polar surface area (TPSA) is 182 Å². The van der Waals surface area contributed by atoms with Gasteiger partial charge in [-0.05, 0) is 94.6 Å². The highest BCUT2D eigenvalue weighted by atomic mass is 32.3. The van der Waals surface area contributed by atoms with Crippen molar-refractivity contribution in [3.05, 3.63) is 21.7 Å². The molecule has 2 N–H and O–H groups in total. The third kappa shape index (κ3) is 9.35. The molecule has 47 heavy (non-hydrogen) atoms. The van der Waals surface area contributed by atoms with Crippen LogP contribution in [0, 0.1) is 5.92 Å². The molecule has 1 unspecified atom stereocenters. The molecule has 0 spiro atoms. The second-order valence-electron chi connectivity index (χ2n) is 13.7. The summed E-state index contributed by atoms with van der Waals surface area (Å²) < 4.78 is 45.7. The van der Waals surface area contributed by atoms with Crippen molar-refractivity contribution < 1.29 is 32.9 Å². The highest BCUT2D eigenvalue weighted by Crippen LogP contribution is 2.44. The van der Waals surface area contributed by atoms with Crippen molar-refractivity contribution >= 4 is 22.0 Å². The van der Waals surface area contributed by atoms with Crippen LogP contribution in [-0.2, 0) is 33.4 Å². The Bertz CT molecular complexity index is 1210. The van der Waals surface area contributed by atoms with Gasteiger partial charge in [0, 0.05) is 72.6 Å². The fourth-order valence-corrected chi connectivity index (χ4v) is 9.85. The number of hydrogen-bond donors (Lipinski definition) is 2. The average Bonchev–Trinajstić information content (AvgIpc) is 3.50. The molecule has 3 fully saturated rings. The summed E-state index contributed by atoms with van der Waals surface area (Å²) in [5.41, 5.74) is 9.30. The summed E-state index contributed by atoms with van der Waals surface area (Å²) in [7, 11) is -3.48. The van der Waals surface area contributed by atoms with E-state index in [1.54, 1.807) is 0 Å². The van der Waals surface area contributed by atoms with Crippen LogP contribution in [0.2, 0.25) is 0 Å². The number of allylic oxidation sites excluding steroid dienone is 1. The molecule has 0 aromatic carbocycles. The van der Waals surface area contributed by atoms with Gasteiger partial charge in [-0.15, -0.1) is 4.21 Å². The number of aliphatic hydroxyl groups excluding tert-OH is 1. The van der Waals surface area contributed by atoms with E-state index in [-0.39, 0.29) is 36.7 Å². The Kier molecular flexibility index (Phi) is 13.5. The number of nitrogens with zero attached hydrogens (tertiary/aromatic N) is 5. The minimum Gasteiger partial charge on any atom is -0.615 e. The third-order valence-electron chi connectivity index (χ3n) is 10.7. The summed E-state index contributed by atoms with van der Waals surface area (Å²) in [6, 6.07) is 0. The van der Waals surface area contributed by atoms with Crippen LogP contribution >= 0.6 is 0 Å². The maximum absolute atomic E-state index is 14.5. The molecule has 2 aliphatic heterocycles. The summed E-state index contributed by atoms with van der Waals surface area (Å²) in [5, 5.41) is 15.9. The predicted molar refractivity (Wildman–Crippen MR) is 179 cm³/mol. The van der Waals surface area contributed by atoms with Gasteiger partial charge < -0.3 is 29.2 Å². The molecule has 3 aliphatic carbocycles. The van der Waals surface area contributed by atoms with E-state index >= 15 is 0 Å². The lowest BCUT2D eigenvalue weighted by Crippen LogP contribution is -2.55. The van der Waals surface area contributed by atoms with Gasteiger partial charge in [0.1, 0.15) is 11.0 Å².